The number of fused-ring (bicyclic) bond motifs is 1. The number of amides is 2. The van der Waals surface area contributed by atoms with Crippen molar-refractivity contribution in [2.75, 3.05) is 17.7 Å². The molecule has 2 amide bonds. The molecule has 0 saturated carbocycles. The molecule has 0 spiro atoms. The van der Waals surface area contributed by atoms with Crippen molar-refractivity contribution in [1.82, 2.24) is 0 Å². The summed E-state index contributed by atoms with van der Waals surface area (Å²) in [5.74, 6) is -2.18. The monoisotopic (exact) mass is 360 g/mol. The highest BCUT2D eigenvalue weighted by molar-refractivity contribution is 5.99. The third-order valence-electron chi connectivity index (χ3n) is 4.57. The normalized spacial score (nSPS) is 15.6. The Bertz CT molecular complexity index is 885. The summed E-state index contributed by atoms with van der Waals surface area (Å²) in [5, 5.41) is 5.06. The highest BCUT2D eigenvalue weighted by Crippen LogP contribution is 2.32. The lowest BCUT2D eigenvalue weighted by Crippen LogP contribution is -2.40. The molecule has 2 aromatic rings. The maximum Gasteiger partial charge on any atom is 0.261 e. The Labute approximate surface area is 149 Å². The smallest absolute Gasteiger partial charge is 0.261 e. The van der Waals surface area contributed by atoms with Crippen LogP contribution in [0.4, 0.5) is 20.2 Å². The zero-order chi connectivity index (χ0) is 18.9. The van der Waals surface area contributed by atoms with Crippen LogP contribution in [0.15, 0.2) is 36.4 Å². The summed E-state index contributed by atoms with van der Waals surface area (Å²) in [4.78, 5) is 24.2. The number of benzene rings is 2. The van der Waals surface area contributed by atoms with E-state index in [9.17, 15) is 18.4 Å². The molecular formula is C19H18F2N2O3. The predicted molar refractivity (Wildman–Crippen MR) is 92.7 cm³/mol. The predicted octanol–water partition coefficient (Wildman–Crippen LogP) is 3.35. The molecule has 1 aliphatic heterocycles. The fourth-order valence-electron chi connectivity index (χ4n) is 2.91. The van der Waals surface area contributed by atoms with Crippen LogP contribution in [0.1, 0.15) is 24.5 Å². The fraction of sp³-hybridized carbons (Fsp3) is 0.263. The second-order valence-corrected chi connectivity index (χ2v) is 6.21. The van der Waals surface area contributed by atoms with Crippen molar-refractivity contribution >= 4 is 23.2 Å². The first-order chi connectivity index (χ1) is 12.3. The number of aryl methyl sites for hydroxylation is 1. The van der Waals surface area contributed by atoms with Crippen LogP contribution in [0.3, 0.4) is 0 Å². The maximum atomic E-state index is 14.4. The molecule has 26 heavy (non-hydrogen) atoms. The summed E-state index contributed by atoms with van der Waals surface area (Å²) in [7, 11) is 1.28. The lowest BCUT2D eigenvalue weighted by Gasteiger charge is -2.28. The van der Waals surface area contributed by atoms with Crippen LogP contribution in [0.5, 0.6) is 0 Å². The fourth-order valence-corrected chi connectivity index (χ4v) is 2.91. The van der Waals surface area contributed by atoms with Crippen LogP contribution in [-0.2, 0) is 26.3 Å². The lowest BCUT2D eigenvalue weighted by atomic mass is 9.93. The van der Waals surface area contributed by atoms with Gasteiger partial charge in [-0.15, -0.1) is 0 Å². The van der Waals surface area contributed by atoms with Gasteiger partial charge in [0.25, 0.3) is 5.91 Å². The van der Waals surface area contributed by atoms with Crippen molar-refractivity contribution < 1.29 is 23.1 Å². The second kappa shape index (κ2) is 6.84. The van der Waals surface area contributed by atoms with Gasteiger partial charge in [0, 0.05) is 24.8 Å². The van der Waals surface area contributed by atoms with Gasteiger partial charge in [-0.05, 0) is 37.1 Å². The molecule has 136 valence electrons. The van der Waals surface area contributed by atoms with Crippen LogP contribution >= 0.6 is 0 Å². The maximum absolute atomic E-state index is 14.4. The standard InChI is InChI=1S/C19H18F2N2O3/c1-19(26-2,12-5-3-4-6-13(12)20)18(25)23-16-9-11-7-8-17(24)22-15(11)10-14(16)21/h3-6,9-10H,7-8H2,1-2H3,(H,22,24)(H,23,25). The molecule has 0 aromatic heterocycles. The largest absolute Gasteiger partial charge is 0.364 e. The van der Waals surface area contributed by atoms with Crippen molar-refractivity contribution in [2.24, 2.45) is 0 Å². The number of ether oxygens (including phenoxy) is 1. The van der Waals surface area contributed by atoms with E-state index in [0.29, 0.717) is 17.7 Å². The number of carbonyl (C=O) groups is 2. The van der Waals surface area contributed by atoms with Gasteiger partial charge in [-0.2, -0.15) is 0 Å². The molecule has 0 bridgehead atoms. The minimum Gasteiger partial charge on any atom is -0.364 e. The number of anilines is 2. The van der Waals surface area contributed by atoms with Gasteiger partial charge in [-0.3, -0.25) is 9.59 Å². The first kappa shape index (κ1) is 18.0. The van der Waals surface area contributed by atoms with Gasteiger partial charge in [-0.1, -0.05) is 18.2 Å². The number of carbonyl (C=O) groups excluding carboxylic acids is 2. The molecule has 5 nitrogen and oxygen atoms in total. The molecule has 1 heterocycles. The number of nitrogens with one attached hydrogen (secondary N) is 2. The summed E-state index contributed by atoms with van der Waals surface area (Å²) in [5.41, 5.74) is -0.538. The van der Waals surface area contributed by atoms with Gasteiger partial charge in [0.05, 0.1) is 5.69 Å². The van der Waals surface area contributed by atoms with Crippen LogP contribution in [0.2, 0.25) is 0 Å². The van der Waals surface area contributed by atoms with Crippen LogP contribution in [-0.4, -0.2) is 18.9 Å². The Morgan fingerprint density at radius 1 is 1.19 bits per heavy atom. The van der Waals surface area contributed by atoms with Gasteiger partial charge < -0.3 is 15.4 Å². The third kappa shape index (κ3) is 3.17. The molecule has 7 heteroatoms. The average molecular weight is 360 g/mol. The molecular weight excluding hydrogens is 342 g/mol. The summed E-state index contributed by atoms with van der Waals surface area (Å²) in [6, 6.07) is 8.39. The van der Waals surface area contributed by atoms with E-state index in [1.165, 1.54) is 38.3 Å². The molecule has 2 aromatic carbocycles. The SMILES string of the molecule is COC(C)(C(=O)Nc1cc2c(cc1F)NC(=O)CC2)c1ccccc1F. The topological polar surface area (TPSA) is 67.4 Å². The van der Waals surface area contributed by atoms with E-state index in [2.05, 4.69) is 10.6 Å². The summed E-state index contributed by atoms with van der Waals surface area (Å²) in [6.07, 6.45) is 0.732. The summed E-state index contributed by atoms with van der Waals surface area (Å²) >= 11 is 0. The molecule has 1 unspecified atom stereocenters. The quantitative estimate of drug-likeness (QED) is 0.879. The molecule has 3 rings (SSSR count). The average Bonchev–Trinajstić information content (AvgIpc) is 2.62. The molecule has 1 aliphatic rings. The second-order valence-electron chi connectivity index (χ2n) is 6.21. The third-order valence-corrected chi connectivity index (χ3v) is 4.57. The van der Waals surface area contributed by atoms with Gasteiger partial charge in [0.15, 0.2) is 5.60 Å². The zero-order valence-electron chi connectivity index (χ0n) is 14.4. The number of rotatable bonds is 4. The van der Waals surface area contributed by atoms with E-state index in [1.807, 2.05) is 0 Å². The highest BCUT2D eigenvalue weighted by Gasteiger charge is 2.38. The molecule has 1 atom stereocenters. The Balaban J connectivity index is 1.92. The first-order valence-corrected chi connectivity index (χ1v) is 8.09. The van der Waals surface area contributed by atoms with Gasteiger partial charge in [0.2, 0.25) is 5.91 Å². The van der Waals surface area contributed by atoms with Crippen molar-refractivity contribution in [3.05, 3.63) is 59.2 Å². The van der Waals surface area contributed by atoms with Crippen LogP contribution < -0.4 is 10.6 Å². The van der Waals surface area contributed by atoms with Crippen molar-refractivity contribution in [3.8, 4) is 0 Å². The molecule has 0 fully saturated rings. The lowest BCUT2D eigenvalue weighted by molar-refractivity contribution is -0.137. The molecule has 0 radical (unpaired) electrons. The molecule has 0 aliphatic carbocycles. The minimum atomic E-state index is -1.64. The zero-order valence-corrected chi connectivity index (χ0v) is 14.4. The number of halogens is 2. The van der Waals surface area contributed by atoms with Crippen molar-refractivity contribution in [3.63, 3.8) is 0 Å². The van der Waals surface area contributed by atoms with E-state index in [-0.39, 0.29) is 23.6 Å². The van der Waals surface area contributed by atoms with Gasteiger partial charge in [-0.25, -0.2) is 8.78 Å². The minimum absolute atomic E-state index is 0.0469. The summed E-state index contributed by atoms with van der Waals surface area (Å²) < 4.78 is 33.8. The summed E-state index contributed by atoms with van der Waals surface area (Å²) in [6.45, 7) is 1.41. The van der Waals surface area contributed by atoms with Crippen molar-refractivity contribution in [2.45, 2.75) is 25.4 Å². The number of hydrogen-bond donors (Lipinski definition) is 2. The van der Waals surface area contributed by atoms with Gasteiger partial charge in [0.1, 0.15) is 11.6 Å². The van der Waals surface area contributed by atoms with E-state index in [0.717, 1.165) is 6.07 Å². The van der Waals surface area contributed by atoms with Gasteiger partial charge >= 0.3 is 0 Å². The van der Waals surface area contributed by atoms with E-state index in [1.54, 1.807) is 6.07 Å². The van der Waals surface area contributed by atoms with E-state index >= 15 is 0 Å². The molecule has 2 N–H and O–H groups in total. The van der Waals surface area contributed by atoms with Crippen molar-refractivity contribution in [1.29, 1.82) is 0 Å². The highest BCUT2D eigenvalue weighted by atomic mass is 19.1. The Hall–Kier alpha value is -2.80. The van der Waals surface area contributed by atoms with Crippen LogP contribution in [0, 0.1) is 11.6 Å². The first-order valence-electron chi connectivity index (χ1n) is 8.09. The Morgan fingerprint density at radius 2 is 1.92 bits per heavy atom. The number of methoxy groups -OCH3 is 1. The number of hydrogen-bond acceptors (Lipinski definition) is 3. The van der Waals surface area contributed by atoms with E-state index in [4.69, 9.17) is 4.74 Å². The molecule has 0 saturated heterocycles. The van der Waals surface area contributed by atoms with Crippen LogP contribution in [0.25, 0.3) is 0 Å². The Kier molecular flexibility index (Phi) is 4.73. The Morgan fingerprint density at radius 3 is 2.62 bits per heavy atom. The van der Waals surface area contributed by atoms with E-state index < -0.39 is 23.1 Å².